The Hall–Kier alpha value is -1.70. The number of hydrogen-bond donors (Lipinski definition) is 0. The third kappa shape index (κ3) is 3.01. The van der Waals surface area contributed by atoms with Gasteiger partial charge < -0.3 is 4.90 Å². The average Bonchev–Trinajstić information content (AvgIpc) is 2.38. The highest BCUT2D eigenvalue weighted by molar-refractivity contribution is 5.60. The summed E-state index contributed by atoms with van der Waals surface area (Å²) < 4.78 is 37.8. The lowest BCUT2D eigenvalue weighted by Crippen LogP contribution is -2.39. The molecular formula is C14H15F3N2. The summed E-state index contributed by atoms with van der Waals surface area (Å²) in [6, 6.07) is 7.53. The minimum Gasteiger partial charge on any atom is -0.370 e. The summed E-state index contributed by atoms with van der Waals surface area (Å²) in [6.07, 6.45) is -3.90. The molecule has 0 bridgehead atoms. The molecule has 19 heavy (non-hydrogen) atoms. The number of aryl methyl sites for hydroxylation is 1. The van der Waals surface area contributed by atoms with Crippen LogP contribution < -0.4 is 4.90 Å². The fourth-order valence-corrected chi connectivity index (χ4v) is 2.45. The van der Waals surface area contributed by atoms with Crippen LogP contribution in [0.2, 0.25) is 0 Å². The molecule has 1 saturated heterocycles. The fraction of sp³-hybridized carbons (Fsp3) is 0.500. The molecule has 0 N–H and O–H groups in total. The second-order valence-electron chi connectivity index (χ2n) is 4.94. The van der Waals surface area contributed by atoms with Gasteiger partial charge in [0, 0.05) is 13.1 Å². The van der Waals surface area contributed by atoms with Gasteiger partial charge in [-0.15, -0.1) is 0 Å². The van der Waals surface area contributed by atoms with E-state index in [4.69, 9.17) is 5.26 Å². The van der Waals surface area contributed by atoms with Crippen LogP contribution in [0.5, 0.6) is 0 Å². The van der Waals surface area contributed by atoms with Crippen molar-refractivity contribution in [1.29, 1.82) is 5.26 Å². The molecule has 0 aliphatic carbocycles. The van der Waals surface area contributed by atoms with Gasteiger partial charge in [-0.2, -0.15) is 18.4 Å². The third-order valence-electron chi connectivity index (χ3n) is 3.57. The predicted octanol–water partition coefficient (Wildman–Crippen LogP) is 3.65. The number of alkyl halides is 3. The number of rotatable bonds is 1. The molecule has 0 spiro atoms. The van der Waals surface area contributed by atoms with Crippen LogP contribution in [0, 0.1) is 24.2 Å². The van der Waals surface area contributed by atoms with Gasteiger partial charge in [-0.25, -0.2) is 0 Å². The maximum absolute atomic E-state index is 12.6. The van der Waals surface area contributed by atoms with Gasteiger partial charge in [-0.3, -0.25) is 0 Å². The first-order chi connectivity index (χ1) is 8.91. The summed E-state index contributed by atoms with van der Waals surface area (Å²) in [4.78, 5) is 1.88. The lowest BCUT2D eigenvalue weighted by molar-refractivity contribution is -0.179. The van der Waals surface area contributed by atoms with E-state index in [1.54, 1.807) is 6.07 Å². The number of benzene rings is 1. The van der Waals surface area contributed by atoms with E-state index in [9.17, 15) is 13.2 Å². The minimum absolute atomic E-state index is 0.0995. The maximum Gasteiger partial charge on any atom is 0.391 e. The molecule has 0 unspecified atom stereocenters. The van der Waals surface area contributed by atoms with Gasteiger partial charge >= 0.3 is 6.18 Å². The molecule has 1 fully saturated rings. The fourth-order valence-electron chi connectivity index (χ4n) is 2.45. The number of halogens is 3. The van der Waals surface area contributed by atoms with E-state index in [0.29, 0.717) is 18.7 Å². The van der Waals surface area contributed by atoms with Crippen LogP contribution in [0.4, 0.5) is 18.9 Å². The topological polar surface area (TPSA) is 27.0 Å². The lowest BCUT2D eigenvalue weighted by atomic mass is 9.95. The maximum atomic E-state index is 12.6. The molecule has 2 rings (SSSR count). The molecule has 1 aromatic carbocycles. The van der Waals surface area contributed by atoms with Gasteiger partial charge in [-0.05, 0) is 37.5 Å². The van der Waals surface area contributed by atoms with Gasteiger partial charge in [0.15, 0.2) is 0 Å². The van der Waals surface area contributed by atoms with E-state index in [1.165, 1.54) is 0 Å². The summed E-state index contributed by atoms with van der Waals surface area (Å²) in [6.45, 7) is 2.61. The Morgan fingerprint density at radius 1 is 1.26 bits per heavy atom. The quantitative estimate of drug-likeness (QED) is 0.777. The second-order valence-corrected chi connectivity index (χ2v) is 4.94. The zero-order valence-electron chi connectivity index (χ0n) is 10.7. The highest BCUT2D eigenvalue weighted by Gasteiger charge is 2.41. The van der Waals surface area contributed by atoms with Crippen molar-refractivity contribution < 1.29 is 13.2 Å². The van der Waals surface area contributed by atoms with Gasteiger partial charge in [-0.1, -0.05) is 6.07 Å². The largest absolute Gasteiger partial charge is 0.391 e. The molecule has 102 valence electrons. The van der Waals surface area contributed by atoms with Crippen molar-refractivity contribution in [2.45, 2.75) is 25.9 Å². The Balaban J connectivity index is 2.14. The normalized spacial score (nSPS) is 17.3. The van der Waals surface area contributed by atoms with E-state index in [-0.39, 0.29) is 12.8 Å². The first kappa shape index (κ1) is 13.7. The minimum atomic E-state index is -4.10. The average molecular weight is 268 g/mol. The van der Waals surface area contributed by atoms with E-state index in [0.717, 1.165) is 11.3 Å². The molecule has 0 aromatic heterocycles. The van der Waals surface area contributed by atoms with E-state index in [2.05, 4.69) is 6.07 Å². The molecule has 0 atom stereocenters. The first-order valence-electron chi connectivity index (χ1n) is 6.24. The molecule has 1 heterocycles. The zero-order valence-corrected chi connectivity index (χ0v) is 10.7. The zero-order chi connectivity index (χ0) is 14.0. The van der Waals surface area contributed by atoms with Crippen molar-refractivity contribution >= 4 is 5.69 Å². The molecule has 1 aliphatic rings. The molecule has 1 aliphatic heterocycles. The summed E-state index contributed by atoms with van der Waals surface area (Å²) in [5.74, 6) is -1.21. The summed E-state index contributed by atoms with van der Waals surface area (Å²) in [5.41, 5.74) is 2.28. The van der Waals surface area contributed by atoms with E-state index in [1.807, 2.05) is 24.0 Å². The van der Waals surface area contributed by atoms with Gasteiger partial charge in [0.25, 0.3) is 0 Å². The van der Waals surface area contributed by atoms with Crippen LogP contribution in [0.15, 0.2) is 18.2 Å². The number of anilines is 1. The van der Waals surface area contributed by atoms with Crippen LogP contribution in [-0.2, 0) is 0 Å². The van der Waals surface area contributed by atoms with E-state index < -0.39 is 12.1 Å². The Labute approximate surface area is 110 Å². The Kier molecular flexibility index (Phi) is 3.70. The highest BCUT2D eigenvalue weighted by Crippen LogP contribution is 2.36. The van der Waals surface area contributed by atoms with Crippen LogP contribution in [0.25, 0.3) is 0 Å². The number of piperidine rings is 1. The van der Waals surface area contributed by atoms with Gasteiger partial charge in [0.05, 0.1) is 17.2 Å². The monoisotopic (exact) mass is 268 g/mol. The molecule has 1 aromatic rings. The third-order valence-corrected chi connectivity index (χ3v) is 3.57. The smallest absolute Gasteiger partial charge is 0.370 e. The Morgan fingerprint density at radius 3 is 2.42 bits per heavy atom. The van der Waals surface area contributed by atoms with Gasteiger partial charge in [0.1, 0.15) is 6.07 Å². The lowest BCUT2D eigenvalue weighted by Gasteiger charge is -2.35. The predicted molar refractivity (Wildman–Crippen MR) is 66.9 cm³/mol. The highest BCUT2D eigenvalue weighted by atomic mass is 19.4. The van der Waals surface area contributed by atoms with Crippen LogP contribution in [0.3, 0.4) is 0 Å². The second kappa shape index (κ2) is 5.12. The summed E-state index contributed by atoms with van der Waals surface area (Å²) in [5, 5.41) is 9.06. The van der Waals surface area contributed by atoms with Gasteiger partial charge in [0.2, 0.25) is 0 Å². The van der Waals surface area contributed by atoms with Crippen LogP contribution in [-0.4, -0.2) is 19.3 Å². The number of nitriles is 1. The first-order valence-corrected chi connectivity index (χ1v) is 6.24. The molecular weight excluding hydrogens is 253 g/mol. The standard InChI is InChI=1S/C14H15F3N2/c1-10-2-3-11(9-18)13(8-10)19-6-4-12(5-7-19)14(15,16)17/h2-3,8,12H,4-7H2,1H3. The molecule has 5 heteroatoms. The SMILES string of the molecule is Cc1ccc(C#N)c(N2CCC(C(F)(F)F)CC2)c1. The molecule has 0 saturated carbocycles. The Bertz CT molecular complexity index is 494. The summed E-state index contributed by atoms with van der Waals surface area (Å²) >= 11 is 0. The molecule has 0 amide bonds. The number of hydrogen-bond acceptors (Lipinski definition) is 2. The number of nitrogens with zero attached hydrogens (tertiary/aromatic N) is 2. The molecule has 0 radical (unpaired) electrons. The van der Waals surface area contributed by atoms with Crippen LogP contribution >= 0.6 is 0 Å². The van der Waals surface area contributed by atoms with Crippen molar-refractivity contribution in [3.8, 4) is 6.07 Å². The van der Waals surface area contributed by atoms with Crippen molar-refractivity contribution in [1.82, 2.24) is 0 Å². The van der Waals surface area contributed by atoms with Crippen molar-refractivity contribution in [2.24, 2.45) is 5.92 Å². The van der Waals surface area contributed by atoms with Crippen LogP contribution in [0.1, 0.15) is 24.0 Å². The molecule has 2 nitrogen and oxygen atoms in total. The van der Waals surface area contributed by atoms with Crippen molar-refractivity contribution in [3.05, 3.63) is 29.3 Å². The van der Waals surface area contributed by atoms with Crippen molar-refractivity contribution in [3.63, 3.8) is 0 Å². The van der Waals surface area contributed by atoms with E-state index >= 15 is 0 Å². The Morgan fingerprint density at radius 2 is 1.89 bits per heavy atom. The van der Waals surface area contributed by atoms with Crippen molar-refractivity contribution in [2.75, 3.05) is 18.0 Å². The summed E-state index contributed by atoms with van der Waals surface area (Å²) in [7, 11) is 0.